The van der Waals surface area contributed by atoms with Gasteiger partial charge >= 0.3 is 12.1 Å². The summed E-state index contributed by atoms with van der Waals surface area (Å²) < 4.78 is 9.90. The van der Waals surface area contributed by atoms with Gasteiger partial charge in [0, 0.05) is 6.54 Å². The lowest BCUT2D eigenvalue weighted by Gasteiger charge is -2.24. The van der Waals surface area contributed by atoms with Crippen LogP contribution in [0.2, 0.25) is 0 Å². The molecule has 2 amide bonds. The lowest BCUT2D eigenvalue weighted by atomic mass is 10.0. The number of alkyl carbamates (subject to hydrolysis) is 1. The van der Waals surface area contributed by atoms with Gasteiger partial charge in [0.1, 0.15) is 18.7 Å². The molecule has 0 radical (unpaired) electrons. The number of rotatable bonds is 12. The molecule has 1 rings (SSSR count). The van der Waals surface area contributed by atoms with Crippen molar-refractivity contribution in [3.05, 3.63) is 41.1 Å². The van der Waals surface area contributed by atoms with Crippen molar-refractivity contribution in [2.75, 3.05) is 13.7 Å². The number of hydrogen-bond acceptors (Lipinski definition) is 9. The Morgan fingerprint density at radius 1 is 1.21 bits per heavy atom. The standard InChI is InChI=1S/C20H31N6O7/c1-13(2)16(24-20(29)33-12-14-8-5-4-6-9-14)17(27)23-15(18(28)32-3)10-7-11-22-19(21)25-26(30)31/h4-6,8-9,13,15-16,30H,7,10-12H2,1-3H3,(H,23,27)(H,24,29)(H3,21,22,25)/q-1. The minimum atomic E-state index is -0.996. The maximum atomic E-state index is 12.8. The van der Waals surface area contributed by atoms with Gasteiger partial charge in [-0.2, -0.15) is 5.34 Å². The number of amides is 2. The van der Waals surface area contributed by atoms with Crippen molar-refractivity contribution in [1.82, 2.24) is 21.4 Å². The van der Waals surface area contributed by atoms with E-state index in [0.29, 0.717) is 6.42 Å². The SMILES string of the molecule is COC(=O)C(CCCN=C(N)NN([O-])O)NC(=O)C(NC(=O)OCc1ccccc1)C(C)C. The Kier molecular flexibility index (Phi) is 12.2. The monoisotopic (exact) mass is 467 g/mol. The van der Waals surface area contributed by atoms with E-state index >= 15 is 0 Å². The summed E-state index contributed by atoms with van der Waals surface area (Å²) in [6.07, 6.45) is -0.319. The molecule has 33 heavy (non-hydrogen) atoms. The van der Waals surface area contributed by atoms with Gasteiger partial charge in [-0.15, -0.1) is 0 Å². The molecule has 13 heteroatoms. The maximum absolute atomic E-state index is 12.8. The number of esters is 1. The Bertz CT molecular complexity index is 788. The van der Waals surface area contributed by atoms with Crippen molar-refractivity contribution in [2.24, 2.45) is 16.6 Å². The Balaban J connectivity index is 2.65. The number of nitrogens with zero attached hydrogens (tertiary/aromatic N) is 2. The number of aliphatic imine (C=N–C) groups is 1. The van der Waals surface area contributed by atoms with Crippen LogP contribution < -0.4 is 21.8 Å². The second-order valence-corrected chi connectivity index (χ2v) is 7.31. The molecule has 13 nitrogen and oxygen atoms in total. The quantitative estimate of drug-likeness (QED) is 0.0944. The topological polar surface area (TPSA) is 191 Å². The number of carbonyl (C=O) groups is 3. The van der Waals surface area contributed by atoms with Gasteiger partial charge in [0.15, 0.2) is 0 Å². The first kappa shape index (κ1) is 27.6. The Morgan fingerprint density at radius 2 is 1.88 bits per heavy atom. The molecular formula is C20H31N6O7-. The van der Waals surface area contributed by atoms with Crippen molar-refractivity contribution < 1.29 is 29.1 Å². The molecule has 184 valence electrons. The summed E-state index contributed by atoms with van der Waals surface area (Å²) in [5, 5.41) is 23.4. The predicted molar refractivity (Wildman–Crippen MR) is 118 cm³/mol. The van der Waals surface area contributed by atoms with Gasteiger partial charge < -0.3 is 36.3 Å². The van der Waals surface area contributed by atoms with Crippen molar-refractivity contribution >= 4 is 23.9 Å². The molecule has 2 unspecified atom stereocenters. The van der Waals surface area contributed by atoms with Gasteiger partial charge in [-0.1, -0.05) is 44.2 Å². The van der Waals surface area contributed by atoms with Gasteiger partial charge in [0.25, 0.3) is 0 Å². The summed E-state index contributed by atoms with van der Waals surface area (Å²) in [4.78, 5) is 40.8. The molecule has 6 N–H and O–H groups in total. The van der Waals surface area contributed by atoms with E-state index in [1.54, 1.807) is 26.0 Å². The predicted octanol–water partition coefficient (Wildman–Crippen LogP) is 0.384. The Morgan fingerprint density at radius 3 is 2.45 bits per heavy atom. The van der Waals surface area contributed by atoms with E-state index in [-0.39, 0.29) is 31.4 Å². The highest BCUT2D eigenvalue weighted by molar-refractivity contribution is 5.89. The average Bonchev–Trinajstić information content (AvgIpc) is 2.77. The smallest absolute Gasteiger partial charge is 0.408 e. The summed E-state index contributed by atoms with van der Waals surface area (Å²) in [6.45, 7) is 3.62. The van der Waals surface area contributed by atoms with Gasteiger partial charge in [-0.3, -0.25) is 15.2 Å². The van der Waals surface area contributed by atoms with E-state index in [9.17, 15) is 19.6 Å². The average molecular weight is 468 g/mol. The third-order valence-corrected chi connectivity index (χ3v) is 4.38. The van der Waals surface area contributed by atoms with E-state index in [4.69, 9.17) is 20.4 Å². The van der Waals surface area contributed by atoms with Crippen LogP contribution in [0, 0.1) is 11.1 Å². The molecule has 0 aliphatic carbocycles. The first-order chi connectivity index (χ1) is 15.6. The molecule has 0 bridgehead atoms. The molecule has 1 aromatic carbocycles. The molecule has 0 aromatic heterocycles. The normalized spacial score (nSPS) is 13.2. The number of nitrogens with one attached hydrogen (secondary N) is 3. The number of nitrogens with two attached hydrogens (primary N) is 1. The van der Waals surface area contributed by atoms with Gasteiger partial charge in [-0.25, -0.2) is 9.59 Å². The molecule has 0 spiro atoms. The van der Waals surface area contributed by atoms with E-state index in [2.05, 4.69) is 15.6 Å². The number of carbonyl (C=O) groups excluding carboxylic acids is 3. The van der Waals surface area contributed by atoms with Gasteiger partial charge in [-0.05, 0) is 24.3 Å². The van der Waals surface area contributed by atoms with Crippen molar-refractivity contribution in [1.29, 1.82) is 0 Å². The molecule has 0 heterocycles. The van der Waals surface area contributed by atoms with Crippen LogP contribution >= 0.6 is 0 Å². The molecule has 0 fully saturated rings. The van der Waals surface area contributed by atoms with Gasteiger partial charge in [0.2, 0.25) is 11.9 Å². The third-order valence-electron chi connectivity index (χ3n) is 4.38. The molecule has 0 saturated carbocycles. The number of methoxy groups -OCH3 is 1. The van der Waals surface area contributed by atoms with Crippen LogP contribution in [0.1, 0.15) is 32.3 Å². The fourth-order valence-corrected chi connectivity index (χ4v) is 2.71. The Labute approximate surface area is 191 Å². The molecule has 0 saturated heterocycles. The number of hydrazine groups is 1. The minimum Gasteiger partial charge on any atom is -0.744 e. The zero-order valence-corrected chi connectivity index (χ0v) is 18.8. The summed E-state index contributed by atoms with van der Waals surface area (Å²) in [6, 6.07) is 7.12. The van der Waals surface area contributed by atoms with Crippen LogP contribution in [0.4, 0.5) is 4.79 Å². The molecule has 1 aromatic rings. The highest BCUT2D eigenvalue weighted by Crippen LogP contribution is 2.07. The largest absolute Gasteiger partial charge is 0.744 e. The van der Waals surface area contributed by atoms with Crippen LogP contribution in [-0.2, 0) is 25.7 Å². The van der Waals surface area contributed by atoms with Crippen LogP contribution in [0.3, 0.4) is 0 Å². The van der Waals surface area contributed by atoms with E-state index in [0.717, 1.165) is 5.56 Å². The molecule has 0 aliphatic rings. The number of ether oxygens (including phenoxy) is 2. The van der Waals surface area contributed by atoms with Crippen LogP contribution in [0.5, 0.6) is 0 Å². The minimum absolute atomic E-state index is 0.0444. The van der Waals surface area contributed by atoms with Crippen LogP contribution in [0.15, 0.2) is 35.3 Å². The van der Waals surface area contributed by atoms with E-state index in [1.165, 1.54) is 7.11 Å². The lowest BCUT2D eigenvalue weighted by molar-refractivity contribution is -0.145. The van der Waals surface area contributed by atoms with E-state index in [1.807, 2.05) is 23.6 Å². The fourth-order valence-electron chi connectivity index (χ4n) is 2.71. The molecule has 2 atom stereocenters. The second kappa shape index (κ2) is 14.6. The highest BCUT2D eigenvalue weighted by Gasteiger charge is 2.29. The number of benzene rings is 1. The van der Waals surface area contributed by atoms with Crippen LogP contribution in [-0.4, -0.2) is 60.2 Å². The maximum Gasteiger partial charge on any atom is 0.408 e. The first-order valence-electron chi connectivity index (χ1n) is 10.2. The summed E-state index contributed by atoms with van der Waals surface area (Å²) in [5.41, 5.74) is 7.97. The van der Waals surface area contributed by atoms with Crippen molar-refractivity contribution in [3.63, 3.8) is 0 Å². The zero-order valence-electron chi connectivity index (χ0n) is 18.8. The fraction of sp³-hybridized carbons (Fsp3) is 0.500. The highest BCUT2D eigenvalue weighted by atomic mass is 16.8. The zero-order chi connectivity index (χ0) is 24.8. The van der Waals surface area contributed by atoms with Crippen molar-refractivity contribution in [2.45, 2.75) is 45.4 Å². The summed E-state index contributed by atoms with van der Waals surface area (Å²) in [5.74, 6) is -1.86. The summed E-state index contributed by atoms with van der Waals surface area (Å²) >= 11 is 0. The third kappa shape index (κ3) is 11.1. The lowest BCUT2D eigenvalue weighted by Crippen LogP contribution is -2.54. The molecule has 0 aliphatic heterocycles. The first-order valence-corrected chi connectivity index (χ1v) is 10.2. The summed E-state index contributed by atoms with van der Waals surface area (Å²) in [7, 11) is 1.19. The number of guanidine groups is 1. The van der Waals surface area contributed by atoms with Gasteiger partial charge in [0.05, 0.1) is 7.11 Å². The Hall–Kier alpha value is -3.42. The van der Waals surface area contributed by atoms with E-state index < -0.39 is 35.4 Å². The molecular weight excluding hydrogens is 436 g/mol. The second-order valence-electron chi connectivity index (χ2n) is 7.31. The van der Waals surface area contributed by atoms with Crippen molar-refractivity contribution in [3.8, 4) is 0 Å². The van der Waals surface area contributed by atoms with Crippen LogP contribution in [0.25, 0.3) is 0 Å². The number of hydrogen-bond donors (Lipinski definition) is 5.